The van der Waals surface area contributed by atoms with Crippen LogP contribution in [0.4, 0.5) is 0 Å². The standard InChI is InChI=1S/C30H21NS/c1-20-17-28(31-19-27(20)22-11-6-3-7-12-22)26-14-8-13-25-24-16-15-23(18-29(24)32-30(25)26)21-9-4-2-5-10-21/h2-19H,1H3. The fourth-order valence-electron chi connectivity index (χ4n) is 4.43. The van der Waals surface area contributed by atoms with Crippen LogP contribution in [-0.4, -0.2) is 4.98 Å². The van der Waals surface area contributed by atoms with Crippen LogP contribution < -0.4 is 0 Å². The molecule has 0 aliphatic heterocycles. The summed E-state index contributed by atoms with van der Waals surface area (Å²) in [6.07, 6.45) is 2.01. The van der Waals surface area contributed by atoms with E-state index in [4.69, 9.17) is 4.98 Å². The smallest absolute Gasteiger partial charge is 0.0719 e. The van der Waals surface area contributed by atoms with E-state index in [-0.39, 0.29) is 0 Å². The summed E-state index contributed by atoms with van der Waals surface area (Å²) in [5, 5.41) is 2.61. The van der Waals surface area contributed by atoms with Crippen molar-refractivity contribution in [3.05, 3.63) is 115 Å². The molecule has 32 heavy (non-hydrogen) atoms. The van der Waals surface area contributed by atoms with Gasteiger partial charge in [0.15, 0.2) is 0 Å². The van der Waals surface area contributed by atoms with Crippen LogP contribution in [0.2, 0.25) is 0 Å². The summed E-state index contributed by atoms with van der Waals surface area (Å²) in [6, 6.07) is 36.7. The summed E-state index contributed by atoms with van der Waals surface area (Å²) >= 11 is 1.86. The highest BCUT2D eigenvalue weighted by Crippen LogP contribution is 2.41. The van der Waals surface area contributed by atoms with E-state index in [0.717, 1.165) is 5.69 Å². The van der Waals surface area contributed by atoms with Gasteiger partial charge < -0.3 is 0 Å². The minimum absolute atomic E-state index is 1.03. The van der Waals surface area contributed by atoms with Crippen LogP contribution >= 0.6 is 11.3 Å². The van der Waals surface area contributed by atoms with Crippen molar-refractivity contribution >= 4 is 31.5 Å². The van der Waals surface area contributed by atoms with E-state index in [1.165, 1.54) is 53.6 Å². The third-order valence-electron chi connectivity index (χ3n) is 6.08. The second kappa shape index (κ2) is 7.74. The molecule has 0 bridgehead atoms. The van der Waals surface area contributed by atoms with Crippen molar-refractivity contribution in [3.63, 3.8) is 0 Å². The van der Waals surface area contributed by atoms with Gasteiger partial charge in [0.05, 0.1) is 5.69 Å². The van der Waals surface area contributed by atoms with Crippen molar-refractivity contribution in [3.8, 4) is 33.5 Å². The summed E-state index contributed by atoms with van der Waals surface area (Å²) in [5.41, 5.74) is 8.37. The fourth-order valence-corrected chi connectivity index (χ4v) is 5.70. The molecular formula is C30H21NS. The third-order valence-corrected chi connectivity index (χ3v) is 7.28. The van der Waals surface area contributed by atoms with E-state index >= 15 is 0 Å². The van der Waals surface area contributed by atoms with E-state index in [9.17, 15) is 0 Å². The average Bonchev–Trinajstić information content (AvgIpc) is 3.23. The van der Waals surface area contributed by atoms with Gasteiger partial charge in [0.1, 0.15) is 0 Å². The Morgan fingerprint density at radius 3 is 2.09 bits per heavy atom. The van der Waals surface area contributed by atoms with Crippen molar-refractivity contribution < 1.29 is 0 Å². The zero-order chi connectivity index (χ0) is 21.5. The van der Waals surface area contributed by atoms with E-state index in [1.807, 2.05) is 23.6 Å². The van der Waals surface area contributed by atoms with E-state index < -0.39 is 0 Å². The average molecular weight is 428 g/mol. The number of benzene rings is 4. The first-order chi connectivity index (χ1) is 15.8. The monoisotopic (exact) mass is 427 g/mol. The lowest BCUT2D eigenvalue weighted by molar-refractivity contribution is 1.29. The van der Waals surface area contributed by atoms with Gasteiger partial charge in [0.25, 0.3) is 0 Å². The molecule has 0 aliphatic rings. The largest absolute Gasteiger partial charge is 0.256 e. The van der Waals surface area contributed by atoms with Crippen LogP contribution in [0.3, 0.4) is 0 Å². The van der Waals surface area contributed by atoms with Gasteiger partial charge in [-0.15, -0.1) is 11.3 Å². The maximum atomic E-state index is 4.88. The van der Waals surface area contributed by atoms with E-state index in [2.05, 4.69) is 104 Å². The molecule has 6 aromatic rings. The number of aryl methyl sites for hydroxylation is 1. The van der Waals surface area contributed by atoms with E-state index in [1.54, 1.807) is 0 Å². The molecule has 0 atom stereocenters. The Balaban J connectivity index is 1.49. The lowest BCUT2D eigenvalue weighted by Gasteiger charge is -2.09. The Morgan fingerprint density at radius 2 is 1.34 bits per heavy atom. The molecule has 0 saturated carbocycles. The highest BCUT2D eigenvalue weighted by Gasteiger charge is 2.13. The number of rotatable bonds is 3. The zero-order valence-electron chi connectivity index (χ0n) is 17.7. The molecule has 0 amide bonds. The lowest BCUT2D eigenvalue weighted by atomic mass is 9.99. The molecule has 6 rings (SSSR count). The predicted octanol–water partition coefficient (Wildman–Crippen LogP) is 8.76. The van der Waals surface area contributed by atoms with Gasteiger partial charge in [-0.25, -0.2) is 0 Å². The predicted molar refractivity (Wildman–Crippen MR) is 138 cm³/mol. The topological polar surface area (TPSA) is 12.9 Å². The molecule has 0 fully saturated rings. The van der Waals surface area contributed by atoms with Gasteiger partial charge in [-0.3, -0.25) is 4.98 Å². The zero-order valence-corrected chi connectivity index (χ0v) is 18.6. The summed E-state index contributed by atoms with van der Waals surface area (Å²) in [6.45, 7) is 2.17. The summed E-state index contributed by atoms with van der Waals surface area (Å²) in [4.78, 5) is 4.88. The molecule has 2 heterocycles. The van der Waals surface area contributed by atoms with Gasteiger partial charge in [-0.1, -0.05) is 91.0 Å². The van der Waals surface area contributed by atoms with Gasteiger partial charge in [-0.2, -0.15) is 0 Å². The molecule has 0 saturated heterocycles. The quantitative estimate of drug-likeness (QED) is 0.275. The summed E-state index contributed by atoms with van der Waals surface area (Å²) < 4.78 is 2.61. The van der Waals surface area contributed by atoms with Crippen molar-refractivity contribution in [2.75, 3.05) is 0 Å². The van der Waals surface area contributed by atoms with Crippen molar-refractivity contribution in [1.82, 2.24) is 4.98 Å². The van der Waals surface area contributed by atoms with Crippen LogP contribution in [-0.2, 0) is 0 Å². The molecule has 2 aromatic heterocycles. The molecule has 152 valence electrons. The fraction of sp³-hybridized carbons (Fsp3) is 0.0333. The van der Waals surface area contributed by atoms with Crippen molar-refractivity contribution in [2.24, 2.45) is 0 Å². The Morgan fingerprint density at radius 1 is 0.594 bits per heavy atom. The number of hydrogen-bond donors (Lipinski definition) is 0. The number of nitrogens with zero attached hydrogens (tertiary/aromatic N) is 1. The number of aromatic nitrogens is 1. The van der Waals surface area contributed by atoms with Crippen LogP contribution in [0.5, 0.6) is 0 Å². The van der Waals surface area contributed by atoms with Crippen molar-refractivity contribution in [1.29, 1.82) is 0 Å². The number of thiophene rings is 1. The van der Waals surface area contributed by atoms with Crippen molar-refractivity contribution in [2.45, 2.75) is 6.92 Å². The second-order valence-electron chi connectivity index (χ2n) is 8.11. The van der Waals surface area contributed by atoms with Gasteiger partial charge in [0.2, 0.25) is 0 Å². The molecule has 0 N–H and O–H groups in total. The molecule has 0 unspecified atom stereocenters. The Kier molecular flexibility index (Phi) is 4.59. The Bertz CT molecular complexity index is 1560. The summed E-state index contributed by atoms with van der Waals surface area (Å²) in [7, 11) is 0. The van der Waals surface area contributed by atoms with Gasteiger partial charge in [0, 0.05) is 37.5 Å². The maximum Gasteiger partial charge on any atom is 0.0719 e. The van der Waals surface area contributed by atoms with Crippen LogP contribution in [0.15, 0.2) is 109 Å². The second-order valence-corrected chi connectivity index (χ2v) is 9.16. The Labute approximate surface area is 191 Å². The summed E-state index contributed by atoms with van der Waals surface area (Å²) in [5.74, 6) is 0. The Hall–Kier alpha value is -3.75. The lowest BCUT2D eigenvalue weighted by Crippen LogP contribution is -1.89. The first-order valence-corrected chi connectivity index (χ1v) is 11.6. The molecular weight excluding hydrogens is 406 g/mol. The molecule has 1 nitrogen and oxygen atoms in total. The van der Waals surface area contributed by atoms with E-state index in [0.29, 0.717) is 0 Å². The minimum Gasteiger partial charge on any atom is -0.256 e. The maximum absolute atomic E-state index is 4.88. The van der Waals surface area contributed by atoms with Crippen LogP contribution in [0, 0.1) is 6.92 Å². The van der Waals surface area contributed by atoms with Crippen LogP contribution in [0.1, 0.15) is 5.56 Å². The first-order valence-electron chi connectivity index (χ1n) is 10.8. The number of fused-ring (bicyclic) bond motifs is 3. The normalized spacial score (nSPS) is 11.3. The third kappa shape index (κ3) is 3.21. The van der Waals surface area contributed by atoms with Gasteiger partial charge >= 0.3 is 0 Å². The molecule has 2 heteroatoms. The minimum atomic E-state index is 1.03. The first kappa shape index (κ1) is 19.0. The molecule has 0 spiro atoms. The van der Waals surface area contributed by atoms with Crippen LogP contribution in [0.25, 0.3) is 53.7 Å². The highest BCUT2D eigenvalue weighted by atomic mass is 32.1. The SMILES string of the molecule is Cc1cc(-c2cccc3c2sc2cc(-c4ccccc4)ccc23)ncc1-c1ccccc1. The van der Waals surface area contributed by atoms with Gasteiger partial charge in [-0.05, 0) is 41.3 Å². The molecule has 4 aromatic carbocycles. The highest BCUT2D eigenvalue weighted by molar-refractivity contribution is 7.26. The number of hydrogen-bond acceptors (Lipinski definition) is 2. The molecule has 0 aliphatic carbocycles. The molecule has 0 radical (unpaired) electrons. The number of pyridine rings is 1.